The van der Waals surface area contributed by atoms with Gasteiger partial charge in [0.15, 0.2) is 5.76 Å². The fourth-order valence-electron chi connectivity index (χ4n) is 1.04. The van der Waals surface area contributed by atoms with Crippen LogP contribution in [0.2, 0.25) is 0 Å². The highest BCUT2D eigenvalue weighted by molar-refractivity contribution is 5.25. The van der Waals surface area contributed by atoms with Crippen LogP contribution in [0.25, 0.3) is 0 Å². The van der Waals surface area contributed by atoms with E-state index in [1.807, 2.05) is 0 Å². The highest BCUT2D eigenvalue weighted by Crippen LogP contribution is 2.22. The predicted molar refractivity (Wildman–Crippen MR) is 46.8 cm³/mol. The minimum absolute atomic E-state index is 0.0804. The minimum Gasteiger partial charge on any atom is -0.490 e. The van der Waals surface area contributed by atoms with Crippen molar-refractivity contribution in [3.05, 3.63) is 28.3 Å². The van der Waals surface area contributed by atoms with E-state index in [4.69, 9.17) is 9.15 Å². The molecule has 0 aromatic carbocycles. The first-order chi connectivity index (χ1) is 6.20. The van der Waals surface area contributed by atoms with Crippen LogP contribution in [0.1, 0.15) is 25.2 Å². The second kappa shape index (κ2) is 4.09. The summed E-state index contributed by atoms with van der Waals surface area (Å²) < 4.78 is 9.84. The van der Waals surface area contributed by atoms with Gasteiger partial charge in [0.1, 0.15) is 6.10 Å². The van der Waals surface area contributed by atoms with Gasteiger partial charge in [-0.25, -0.2) is 0 Å². The Labute approximate surface area is 75.8 Å². The SMILES string of the molecule is CCC(O)c1occc(=O)c1OC. The number of aliphatic hydroxyl groups excluding tert-OH is 1. The molecule has 0 amide bonds. The lowest BCUT2D eigenvalue weighted by Gasteiger charge is -2.09. The summed E-state index contributed by atoms with van der Waals surface area (Å²) in [5.41, 5.74) is -0.281. The molecule has 13 heavy (non-hydrogen) atoms. The van der Waals surface area contributed by atoms with Gasteiger partial charge in [0.25, 0.3) is 0 Å². The first-order valence-corrected chi connectivity index (χ1v) is 4.04. The van der Waals surface area contributed by atoms with Gasteiger partial charge < -0.3 is 14.3 Å². The van der Waals surface area contributed by atoms with E-state index in [0.29, 0.717) is 6.42 Å². The molecule has 0 bridgehead atoms. The fourth-order valence-corrected chi connectivity index (χ4v) is 1.04. The van der Waals surface area contributed by atoms with Gasteiger partial charge in [0.2, 0.25) is 11.2 Å². The molecule has 1 aromatic rings. The number of hydrogen-bond acceptors (Lipinski definition) is 4. The lowest BCUT2D eigenvalue weighted by Crippen LogP contribution is -2.09. The minimum atomic E-state index is -0.788. The normalized spacial score (nSPS) is 12.5. The van der Waals surface area contributed by atoms with E-state index in [1.54, 1.807) is 6.92 Å². The van der Waals surface area contributed by atoms with E-state index in [2.05, 4.69) is 0 Å². The lowest BCUT2D eigenvalue weighted by molar-refractivity contribution is 0.137. The molecule has 0 aliphatic rings. The standard InChI is InChI=1S/C9H12O4/c1-3-6(10)9-8(12-2)7(11)4-5-13-9/h4-6,10H,3H2,1-2H3. The van der Waals surface area contributed by atoms with Crippen LogP contribution in [0.5, 0.6) is 5.75 Å². The monoisotopic (exact) mass is 184 g/mol. The maximum Gasteiger partial charge on any atom is 0.227 e. The fraction of sp³-hybridized carbons (Fsp3) is 0.444. The Kier molecular flexibility index (Phi) is 3.08. The molecule has 0 radical (unpaired) electrons. The van der Waals surface area contributed by atoms with Gasteiger partial charge in [-0.1, -0.05) is 6.92 Å². The second-order valence-corrected chi connectivity index (χ2v) is 2.61. The van der Waals surface area contributed by atoms with Crippen LogP contribution in [0.4, 0.5) is 0 Å². The van der Waals surface area contributed by atoms with Crippen molar-refractivity contribution in [1.29, 1.82) is 0 Å². The summed E-state index contributed by atoms with van der Waals surface area (Å²) in [4.78, 5) is 11.2. The van der Waals surface area contributed by atoms with Gasteiger partial charge >= 0.3 is 0 Å². The van der Waals surface area contributed by atoms with Crippen LogP contribution in [0, 0.1) is 0 Å². The van der Waals surface area contributed by atoms with Gasteiger partial charge in [0, 0.05) is 6.07 Å². The Hall–Kier alpha value is -1.29. The van der Waals surface area contributed by atoms with Gasteiger partial charge in [-0.3, -0.25) is 4.79 Å². The summed E-state index contributed by atoms with van der Waals surface area (Å²) in [6.45, 7) is 1.79. The summed E-state index contributed by atoms with van der Waals surface area (Å²) in [5.74, 6) is 0.273. The molecule has 1 unspecified atom stereocenters. The second-order valence-electron chi connectivity index (χ2n) is 2.61. The molecule has 4 nitrogen and oxygen atoms in total. The first kappa shape index (κ1) is 9.80. The van der Waals surface area contributed by atoms with Crippen LogP contribution in [-0.4, -0.2) is 12.2 Å². The Morgan fingerprint density at radius 2 is 2.38 bits per heavy atom. The first-order valence-electron chi connectivity index (χ1n) is 4.04. The topological polar surface area (TPSA) is 59.7 Å². The molecule has 1 N–H and O–H groups in total. The van der Waals surface area contributed by atoms with Crippen molar-refractivity contribution >= 4 is 0 Å². The van der Waals surface area contributed by atoms with E-state index < -0.39 is 6.10 Å². The molecule has 1 atom stereocenters. The van der Waals surface area contributed by atoms with Crippen LogP contribution in [-0.2, 0) is 0 Å². The Balaban J connectivity index is 3.20. The van der Waals surface area contributed by atoms with Crippen LogP contribution in [0.15, 0.2) is 21.5 Å². The van der Waals surface area contributed by atoms with Crippen molar-refractivity contribution < 1.29 is 14.3 Å². The number of ether oxygens (including phenoxy) is 1. The predicted octanol–water partition coefficient (Wildman–Crippen LogP) is 1.09. The number of aliphatic hydroxyl groups is 1. The van der Waals surface area contributed by atoms with Gasteiger partial charge in [0.05, 0.1) is 13.4 Å². The van der Waals surface area contributed by atoms with Crippen molar-refractivity contribution in [2.75, 3.05) is 7.11 Å². The summed E-state index contributed by atoms with van der Waals surface area (Å²) in [5, 5.41) is 9.45. The zero-order chi connectivity index (χ0) is 9.84. The molecule has 0 saturated carbocycles. The van der Waals surface area contributed by atoms with Crippen molar-refractivity contribution in [1.82, 2.24) is 0 Å². The van der Waals surface area contributed by atoms with Crippen molar-refractivity contribution in [2.45, 2.75) is 19.4 Å². The largest absolute Gasteiger partial charge is 0.490 e. The Bertz CT molecular complexity index is 329. The maximum absolute atomic E-state index is 11.2. The molecule has 72 valence electrons. The lowest BCUT2D eigenvalue weighted by atomic mass is 10.2. The third kappa shape index (κ3) is 1.89. The molecular weight excluding hydrogens is 172 g/mol. The van der Waals surface area contributed by atoms with Crippen LogP contribution < -0.4 is 10.2 Å². The van der Waals surface area contributed by atoms with Crippen LogP contribution >= 0.6 is 0 Å². The molecule has 0 saturated heterocycles. The molecule has 0 spiro atoms. The third-order valence-corrected chi connectivity index (χ3v) is 1.76. The van der Waals surface area contributed by atoms with Crippen molar-refractivity contribution in [3.8, 4) is 5.75 Å². The molecular formula is C9H12O4. The highest BCUT2D eigenvalue weighted by Gasteiger charge is 2.16. The van der Waals surface area contributed by atoms with Gasteiger partial charge in [-0.05, 0) is 6.42 Å². The van der Waals surface area contributed by atoms with Crippen molar-refractivity contribution in [3.63, 3.8) is 0 Å². The molecule has 1 rings (SSSR count). The Morgan fingerprint density at radius 1 is 1.69 bits per heavy atom. The zero-order valence-corrected chi connectivity index (χ0v) is 7.61. The van der Waals surface area contributed by atoms with E-state index in [1.165, 1.54) is 19.4 Å². The van der Waals surface area contributed by atoms with Crippen molar-refractivity contribution in [2.24, 2.45) is 0 Å². The van der Waals surface area contributed by atoms with Gasteiger partial charge in [-0.15, -0.1) is 0 Å². The highest BCUT2D eigenvalue weighted by atomic mass is 16.5. The summed E-state index contributed by atoms with van der Waals surface area (Å²) in [6.07, 6.45) is 0.936. The smallest absolute Gasteiger partial charge is 0.227 e. The quantitative estimate of drug-likeness (QED) is 0.763. The van der Waals surface area contributed by atoms with Gasteiger partial charge in [-0.2, -0.15) is 0 Å². The van der Waals surface area contributed by atoms with E-state index >= 15 is 0 Å². The van der Waals surface area contributed by atoms with E-state index in [0.717, 1.165) is 0 Å². The molecule has 0 fully saturated rings. The summed E-state index contributed by atoms with van der Waals surface area (Å²) in [7, 11) is 1.37. The maximum atomic E-state index is 11.2. The summed E-state index contributed by atoms with van der Waals surface area (Å²) in [6, 6.07) is 1.25. The zero-order valence-electron chi connectivity index (χ0n) is 7.61. The van der Waals surface area contributed by atoms with E-state index in [-0.39, 0.29) is 16.9 Å². The average Bonchev–Trinajstić information content (AvgIpc) is 2.16. The number of hydrogen-bond donors (Lipinski definition) is 1. The molecule has 4 heteroatoms. The third-order valence-electron chi connectivity index (χ3n) is 1.76. The molecule has 1 heterocycles. The number of rotatable bonds is 3. The average molecular weight is 184 g/mol. The van der Waals surface area contributed by atoms with Crippen LogP contribution in [0.3, 0.4) is 0 Å². The molecule has 1 aromatic heterocycles. The number of methoxy groups -OCH3 is 1. The molecule has 0 aliphatic carbocycles. The van der Waals surface area contributed by atoms with E-state index in [9.17, 15) is 9.90 Å². The molecule has 0 aliphatic heterocycles. The Morgan fingerprint density at radius 3 is 2.92 bits per heavy atom. The summed E-state index contributed by atoms with van der Waals surface area (Å²) >= 11 is 0.